The van der Waals surface area contributed by atoms with Gasteiger partial charge in [-0.1, -0.05) is 26.0 Å². The maximum Gasteiger partial charge on any atom is 0.373 e. The molecule has 7 nitrogen and oxygen atoms in total. The Morgan fingerprint density at radius 2 is 2.18 bits per heavy atom. The molecule has 0 amide bonds. The zero-order valence-electron chi connectivity index (χ0n) is 16.4. The summed E-state index contributed by atoms with van der Waals surface area (Å²) in [6.07, 6.45) is 2.95. The Bertz CT molecular complexity index is 1100. The van der Waals surface area contributed by atoms with Gasteiger partial charge in [-0.25, -0.2) is 9.48 Å². The van der Waals surface area contributed by atoms with Crippen LogP contribution in [0.15, 0.2) is 21.3 Å². The summed E-state index contributed by atoms with van der Waals surface area (Å²) in [5.41, 5.74) is 1.22. The van der Waals surface area contributed by atoms with Crippen molar-refractivity contribution in [3.05, 3.63) is 44.4 Å². The summed E-state index contributed by atoms with van der Waals surface area (Å²) in [6.45, 7) is 6.94. The van der Waals surface area contributed by atoms with Crippen LogP contribution in [0.3, 0.4) is 0 Å². The molecule has 0 bridgehead atoms. The lowest BCUT2D eigenvalue weighted by Gasteiger charge is -2.33. The topological polar surface area (TPSA) is 87.2 Å². The van der Waals surface area contributed by atoms with Gasteiger partial charge in [-0.2, -0.15) is 0 Å². The van der Waals surface area contributed by atoms with Gasteiger partial charge < -0.3 is 9.15 Å². The Balaban J connectivity index is 1.67. The summed E-state index contributed by atoms with van der Waals surface area (Å²) < 4.78 is 11.4. The summed E-state index contributed by atoms with van der Waals surface area (Å²) in [5, 5.41) is 9.04. The van der Waals surface area contributed by atoms with E-state index in [4.69, 9.17) is 4.42 Å². The van der Waals surface area contributed by atoms with Crippen LogP contribution in [-0.2, 0) is 24.1 Å². The minimum Gasteiger partial charge on any atom is -0.463 e. The zero-order valence-corrected chi connectivity index (χ0v) is 17.3. The fourth-order valence-corrected chi connectivity index (χ4v) is 5.03. The third kappa shape index (κ3) is 3.26. The number of carbonyl (C=O) groups excluding carboxylic acids is 1. The summed E-state index contributed by atoms with van der Waals surface area (Å²) >= 11 is 1.59. The maximum absolute atomic E-state index is 13.1. The minimum absolute atomic E-state index is 0.0979. The van der Waals surface area contributed by atoms with Crippen molar-refractivity contribution in [1.82, 2.24) is 15.0 Å². The predicted molar refractivity (Wildman–Crippen MR) is 106 cm³/mol. The largest absolute Gasteiger partial charge is 0.463 e. The van der Waals surface area contributed by atoms with E-state index in [1.807, 2.05) is 0 Å². The van der Waals surface area contributed by atoms with Crippen LogP contribution < -0.4 is 5.56 Å². The molecule has 0 aliphatic heterocycles. The number of furan rings is 1. The van der Waals surface area contributed by atoms with E-state index in [0.29, 0.717) is 21.9 Å². The first-order chi connectivity index (χ1) is 13.3. The van der Waals surface area contributed by atoms with E-state index in [9.17, 15) is 9.59 Å². The van der Waals surface area contributed by atoms with Crippen LogP contribution in [0.2, 0.25) is 0 Å². The summed E-state index contributed by atoms with van der Waals surface area (Å²) in [4.78, 5) is 26.6. The van der Waals surface area contributed by atoms with Crippen molar-refractivity contribution in [1.29, 1.82) is 0 Å². The van der Waals surface area contributed by atoms with Gasteiger partial charge in [0, 0.05) is 4.88 Å². The Morgan fingerprint density at radius 1 is 1.39 bits per heavy atom. The average molecular weight is 401 g/mol. The number of fused-ring (bicyclic) bond motifs is 3. The maximum atomic E-state index is 13.1. The molecule has 0 aromatic carbocycles. The van der Waals surface area contributed by atoms with Crippen LogP contribution in [0.25, 0.3) is 10.2 Å². The highest BCUT2D eigenvalue weighted by Crippen LogP contribution is 2.41. The van der Waals surface area contributed by atoms with E-state index >= 15 is 0 Å². The summed E-state index contributed by atoms with van der Waals surface area (Å²) in [7, 11) is 1.29. The SMILES string of the molecule is COC(=O)c1ccc(Cn2nnc3sc4c(c3c2=O)CCC(C(C)(C)C)C4)o1. The first kappa shape index (κ1) is 18.9. The second-order valence-corrected chi connectivity index (χ2v) is 9.38. The number of esters is 1. The lowest BCUT2D eigenvalue weighted by Crippen LogP contribution is -2.28. The lowest BCUT2D eigenvalue weighted by atomic mass is 9.72. The molecule has 1 aliphatic rings. The number of aromatic nitrogens is 3. The Hall–Kier alpha value is -2.48. The molecule has 1 aliphatic carbocycles. The Labute approximate surface area is 166 Å². The van der Waals surface area contributed by atoms with Crippen molar-refractivity contribution in [3.8, 4) is 0 Å². The lowest BCUT2D eigenvalue weighted by molar-refractivity contribution is 0.0562. The highest BCUT2D eigenvalue weighted by Gasteiger charge is 2.32. The van der Waals surface area contributed by atoms with Crippen LogP contribution >= 0.6 is 11.3 Å². The standard InChI is InChI=1S/C20H23N3O4S/c1-20(2,3)11-5-7-13-15(9-11)28-17-16(13)18(24)23(22-21-17)10-12-6-8-14(27-12)19(25)26-4/h6,8,11H,5,7,9-10H2,1-4H3. The molecular formula is C20H23N3O4S. The molecule has 0 spiro atoms. The molecule has 0 fully saturated rings. The zero-order chi connectivity index (χ0) is 20.1. The second kappa shape index (κ2) is 6.84. The van der Waals surface area contributed by atoms with Gasteiger partial charge in [0.1, 0.15) is 12.3 Å². The molecule has 0 N–H and O–H groups in total. The van der Waals surface area contributed by atoms with Crippen LogP contribution in [0.1, 0.15) is 53.9 Å². The predicted octanol–water partition coefficient (Wildman–Crippen LogP) is 3.43. The molecule has 28 heavy (non-hydrogen) atoms. The van der Waals surface area contributed by atoms with E-state index in [2.05, 4.69) is 35.8 Å². The molecule has 3 heterocycles. The molecule has 4 rings (SSSR count). The van der Waals surface area contributed by atoms with Gasteiger partial charge in [-0.3, -0.25) is 4.79 Å². The Morgan fingerprint density at radius 3 is 2.89 bits per heavy atom. The third-order valence-electron chi connectivity index (χ3n) is 5.52. The van der Waals surface area contributed by atoms with Crippen molar-refractivity contribution in [2.45, 2.75) is 46.6 Å². The number of ether oxygens (including phenoxy) is 1. The molecule has 0 radical (unpaired) electrons. The van der Waals surface area contributed by atoms with Gasteiger partial charge >= 0.3 is 5.97 Å². The molecule has 3 aromatic heterocycles. The van der Waals surface area contributed by atoms with Gasteiger partial charge in [-0.15, -0.1) is 16.4 Å². The van der Waals surface area contributed by atoms with E-state index < -0.39 is 5.97 Å². The second-order valence-electron chi connectivity index (χ2n) is 8.30. The number of thiophene rings is 1. The molecule has 0 saturated heterocycles. The fourth-order valence-electron chi connectivity index (χ4n) is 3.79. The number of hydrogen-bond donors (Lipinski definition) is 0. The number of methoxy groups -OCH3 is 1. The van der Waals surface area contributed by atoms with Crippen molar-refractivity contribution in [2.75, 3.05) is 7.11 Å². The van der Waals surface area contributed by atoms with Gasteiger partial charge in [0.15, 0.2) is 4.83 Å². The Kier molecular flexibility index (Phi) is 4.61. The minimum atomic E-state index is -0.555. The van der Waals surface area contributed by atoms with Crippen molar-refractivity contribution in [2.24, 2.45) is 11.3 Å². The summed E-state index contributed by atoms with van der Waals surface area (Å²) in [6, 6.07) is 3.17. The third-order valence-corrected chi connectivity index (χ3v) is 6.66. The molecule has 8 heteroatoms. The van der Waals surface area contributed by atoms with E-state index in [1.54, 1.807) is 17.4 Å². The molecule has 1 atom stereocenters. The van der Waals surface area contributed by atoms with E-state index in [1.165, 1.54) is 22.7 Å². The number of aryl methyl sites for hydroxylation is 1. The van der Waals surface area contributed by atoms with Crippen LogP contribution in [0, 0.1) is 11.3 Å². The fraction of sp³-hybridized carbons (Fsp3) is 0.500. The van der Waals surface area contributed by atoms with Gasteiger partial charge in [0.2, 0.25) is 5.76 Å². The molecule has 148 valence electrons. The van der Waals surface area contributed by atoms with Crippen molar-refractivity contribution in [3.63, 3.8) is 0 Å². The van der Waals surface area contributed by atoms with Crippen molar-refractivity contribution < 1.29 is 13.9 Å². The molecular weight excluding hydrogens is 378 g/mol. The number of hydrogen-bond acceptors (Lipinski definition) is 7. The first-order valence-electron chi connectivity index (χ1n) is 9.33. The summed E-state index contributed by atoms with van der Waals surface area (Å²) in [5.74, 6) is 0.595. The van der Waals surface area contributed by atoms with Gasteiger partial charge in [-0.05, 0) is 48.3 Å². The molecule has 0 saturated carbocycles. The number of rotatable bonds is 3. The quantitative estimate of drug-likeness (QED) is 0.625. The van der Waals surface area contributed by atoms with Crippen LogP contribution in [0.5, 0.6) is 0 Å². The van der Waals surface area contributed by atoms with E-state index in [-0.39, 0.29) is 23.3 Å². The van der Waals surface area contributed by atoms with Gasteiger partial charge in [0.05, 0.1) is 12.5 Å². The normalized spacial score (nSPS) is 16.9. The molecule has 1 unspecified atom stereocenters. The monoisotopic (exact) mass is 401 g/mol. The highest BCUT2D eigenvalue weighted by atomic mass is 32.1. The van der Waals surface area contributed by atoms with Crippen LogP contribution in [0.4, 0.5) is 0 Å². The first-order valence-corrected chi connectivity index (χ1v) is 10.1. The van der Waals surface area contributed by atoms with Crippen molar-refractivity contribution >= 4 is 27.5 Å². The number of nitrogens with zero attached hydrogens (tertiary/aromatic N) is 3. The van der Waals surface area contributed by atoms with Gasteiger partial charge in [0.25, 0.3) is 5.56 Å². The number of carbonyl (C=O) groups is 1. The van der Waals surface area contributed by atoms with Crippen LogP contribution in [-0.4, -0.2) is 28.1 Å². The smallest absolute Gasteiger partial charge is 0.373 e. The van der Waals surface area contributed by atoms with E-state index in [0.717, 1.165) is 24.8 Å². The highest BCUT2D eigenvalue weighted by molar-refractivity contribution is 7.18. The average Bonchev–Trinajstić information content (AvgIpc) is 3.26. The molecule has 3 aromatic rings.